The summed E-state index contributed by atoms with van der Waals surface area (Å²) in [7, 11) is 0. The average molecular weight is 326 g/mol. The van der Waals surface area contributed by atoms with Crippen molar-refractivity contribution in [2.45, 2.75) is 65.7 Å². The average Bonchev–Trinajstić information content (AvgIpc) is 2.58. The Labute approximate surface area is 146 Å². The van der Waals surface area contributed by atoms with E-state index >= 15 is 0 Å². The quantitative estimate of drug-likeness (QED) is 0.399. The van der Waals surface area contributed by atoms with Gasteiger partial charge in [0.2, 0.25) is 0 Å². The summed E-state index contributed by atoms with van der Waals surface area (Å²) in [6.45, 7) is 10.9. The second-order valence-electron chi connectivity index (χ2n) is 6.95. The van der Waals surface area contributed by atoms with Crippen molar-refractivity contribution in [3.05, 3.63) is 59.2 Å². The van der Waals surface area contributed by atoms with E-state index in [0.717, 1.165) is 29.9 Å². The van der Waals surface area contributed by atoms with E-state index in [4.69, 9.17) is 9.78 Å². The summed E-state index contributed by atoms with van der Waals surface area (Å²) in [4.78, 5) is 11.7. The summed E-state index contributed by atoms with van der Waals surface area (Å²) >= 11 is 0. The summed E-state index contributed by atoms with van der Waals surface area (Å²) in [6.07, 6.45) is 3.34. The first-order valence-corrected chi connectivity index (χ1v) is 9.09. The molecule has 0 radical (unpaired) electrons. The van der Waals surface area contributed by atoms with Crippen molar-refractivity contribution in [1.82, 2.24) is 0 Å². The Kier molecular flexibility index (Phi) is 6.72. The first kappa shape index (κ1) is 18.4. The van der Waals surface area contributed by atoms with Crippen LogP contribution in [0.25, 0.3) is 0 Å². The number of unbranched alkanes of at least 4 members (excludes halogenated alkanes) is 1. The summed E-state index contributed by atoms with van der Waals surface area (Å²) in [6, 6.07) is 14.5. The first-order valence-electron chi connectivity index (χ1n) is 9.09. The fourth-order valence-corrected chi connectivity index (χ4v) is 2.85. The molecule has 2 rings (SSSR count). The van der Waals surface area contributed by atoms with E-state index in [-0.39, 0.29) is 0 Å². The third kappa shape index (κ3) is 4.53. The zero-order valence-corrected chi connectivity index (χ0v) is 15.6. The highest BCUT2D eigenvalue weighted by atomic mass is 17.2. The van der Waals surface area contributed by atoms with Crippen LogP contribution in [0.15, 0.2) is 42.5 Å². The van der Waals surface area contributed by atoms with Crippen LogP contribution in [0.3, 0.4) is 0 Å². The van der Waals surface area contributed by atoms with Crippen molar-refractivity contribution in [1.29, 1.82) is 0 Å². The van der Waals surface area contributed by atoms with Crippen LogP contribution in [0, 0.1) is 0 Å². The highest BCUT2D eigenvalue weighted by Crippen LogP contribution is 2.33. The van der Waals surface area contributed by atoms with Gasteiger partial charge in [0.25, 0.3) is 0 Å². The van der Waals surface area contributed by atoms with Crippen LogP contribution in [0.4, 0.5) is 0 Å². The minimum Gasteiger partial charge on any atom is -0.290 e. The van der Waals surface area contributed by atoms with Crippen LogP contribution in [0.2, 0.25) is 0 Å². The number of hydrogen-bond acceptors (Lipinski definition) is 2. The lowest BCUT2D eigenvalue weighted by atomic mass is 9.97. The number of para-hydroxylation sites is 2. The molecule has 0 aromatic heterocycles. The Morgan fingerprint density at radius 3 is 2.12 bits per heavy atom. The van der Waals surface area contributed by atoms with Crippen molar-refractivity contribution in [2.24, 2.45) is 0 Å². The van der Waals surface area contributed by atoms with Crippen molar-refractivity contribution in [3.8, 4) is 11.5 Å². The van der Waals surface area contributed by atoms with Crippen LogP contribution in [0.1, 0.15) is 76.0 Å². The summed E-state index contributed by atoms with van der Waals surface area (Å²) in [5.41, 5.74) is 3.59. The highest BCUT2D eigenvalue weighted by Gasteiger charge is 2.16. The molecule has 24 heavy (non-hydrogen) atoms. The number of benzene rings is 2. The van der Waals surface area contributed by atoms with Gasteiger partial charge in [0.05, 0.1) is 0 Å². The van der Waals surface area contributed by atoms with E-state index in [1.165, 1.54) is 17.5 Å². The summed E-state index contributed by atoms with van der Waals surface area (Å²) in [5, 5.41) is 0. The van der Waals surface area contributed by atoms with Crippen LogP contribution < -0.4 is 9.78 Å². The van der Waals surface area contributed by atoms with Gasteiger partial charge in [-0.15, -0.1) is 0 Å². The zero-order valence-electron chi connectivity index (χ0n) is 15.6. The van der Waals surface area contributed by atoms with Crippen molar-refractivity contribution >= 4 is 0 Å². The van der Waals surface area contributed by atoms with E-state index in [9.17, 15) is 0 Å². The van der Waals surface area contributed by atoms with Crippen LogP contribution in [0.5, 0.6) is 11.5 Å². The van der Waals surface area contributed by atoms with Gasteiger partial charge in [0.15, 0.2) is 11.5 Å². The van der Waals surface area contributed by atoms with Crippen LogP contribution in [-0.4, -0.2) is 0 Å². The van der Waals surface area contributed by atoms with E-state index in [1.807, 2.05) is 18.2 Å². The third-order valence-corrected chi connectivity index (χ3v) is 4.30. The molecule has 0 saturated heterocycles. The maximum atomic E-state index is 5.90. The van der Waals surface area contributed by atoms with Crippen LogP contribution >= 0.6 is 0 Å². The van der Waals surface area contributed by atoms with Gasteiger partial charge in [-0.05, 0) is 36.3 Å². The molecule has 0 amide bonds. The van der Waals surface area contributed by atoms with Gasteiger partial charge in [-0.2, -0.15) is 0 Å². The fraction of sp³-hybridized carbons (Fsp3) is 0.455. The molecule has 0 heterocycles. The molecule has 2 nitrogen and oxygen atoms in total. The van der Waals surface area contributed by atoms with Crippen molar-refractivity contribution in [2.75, 3.05) is 0 Å². The maximum absolute atomic E-state index is 5.90. The Morgan fingerprint density at radius 1 is 0.792 bits per heavy atom. The van der Waals surface area contributed by atoms with Gasteiger partial charge < -0.3 is 0 Å². The molecular weight excluding hydrogens is 296 g/mol. The number of rotatable bonds is 8. The van der Waals surface area contributed by atoms with Gasteiger partial charge in [0.1, 0.15) is 0 Å². The number of aryl methyl sites for hydroxylation is 1. The first-order chi connectivity index (χ1) is 11.5. The molecule has 0 bridgehead atoms. The SMILES string of the molecule is CCCCc1cccc(C(C)C)c1OOc1ccccc1C(C)C. The predicted octanol–water partition coefficient (Wildman–Crippen LogP) is 6.65. The Balaban J connectivity index is 2.28. The second-order valence-corrected chi connectivity index (χ2v) is 6.95. The molecule has 2 heteroatoms. The third-order valence-electron chi connectivity index (χ3n) is 4.30. The van der Waals surface area contributed by atoms with Gasteiger partial charge in [-0.3, -0.25) is 9.78 Å². The van der Waals surface area contributed by atoms with Crippen molar-refractivity contribution in [3.63, 3.8) is 0 Å². The van der Waals surface area contributed by atoms with Gasteiger partial charge in [0, 0.05) is 11.1 Å². The van der Waals surface area contributed by atoms with E-state index in [1.54, 1.807) is 0 Å². The van der Waals surface area contributed by atoms with E-state index < -0.39 is 0 Å². The summed E-state index contributed by atoms with van der Waals surface area (Å²) in [5.74, 6) is 2.47. The molecule has 2 aromatic rings. The Morgan fingerprint density at radius 2 is 1.46 bits per heavy atom. The molecule has 0 aliphatic rings. The topological polar surface area (TPSA) is 18.5 Å². The van der Waals surface area contributed by atoms with Gasteiger partial charge in [-0.25, -0.2) is 0 Å². The molecule has 0 aliphatic heterocycles. The highest BCUT2D eigenvalue weighted by molar-refractivity contribution is 5.43. The fourth-order valence-electron chi connectivity index (χ4n) is 2.85. The van der Waals surface area contributed by atoms with Gasteiger partial charge >= 0.3 is 0 Å². The monoisotopic (exact) mass is 326 g/mol. The zero-order chi connectivity index (χ0) is 17.5. The Hall–Kier alpha value is -1.96. The molecule has 0 aliphatic carbocycles. The molecule has 0 spiro atoms. The molecule has 0 N–H and O–H groups in total. The molecule has 2 aromatic carbocycles. The van der Waals surface area contributed by atoms with Crippen LogP contribution in [-0.2, 0) is 6.42 Å². The standard InChI is InChI=1S/C22H30O2/c1-6-7-11-18-12-10-14-20(17(4)5)22(18)24-23-21-15-9-8-13-19(21)16(2)3/h8-10,12-17H,6-7,11H2,1-5H3. The minimum absolute atomic E-state index is 0.393. The second kappa shape index (κ2) is 8.77. The number of hydrogen-bond donors (Lipinski definition) is 0. The normalized spacial score (nSPS) is 11.1. The molecule has 0 unspecified atom stereocenters. The molecule has 0 fully saturated rings. The largest absolute Gasteiger partial charge is 0.290 e. The van der Waals surface area contributed by atoms with E-state index in [2.05, 4.69) is 58.9 Å². The lowest BCUT2D eigenvalue weighted by Gasteiger charge is -2.18. The lowest BCUT2D eigenvalue weighted by molar-refractivity contribution is -0.103. The van der Waals surface area contributed by atoms with Crippen molar-refractivity contribution < 1.29 is 9.78 Å². The lowest BCUT2D eigenvalue weighted by Crippen LogP contribution is -2.08. The Bertz CT molecular complexity index is 644. The smallest absolute Gasteiger partial charge is 0.185 e. The van der Waals surface area contributed by atoms with Gasteiger partial charge in [-0.1, -0.05) is 77.4 Å². The summed E-state index contributed by atoms with van der Waals surface area (Å²) < 4.78 is 0. The molecular formula is C22H30O2. The van der Waals surface area contributed by atoms with E-state index in [0.29, 0.717) is 11.8 Å². The molecule has 0 saturated carbocycles. The maximum Gasteiger partial charge on any atom is 0.185 e. The minimum atomic E-state index is 0.393. The molecule has 130 valence electrons. The molecule has 0 atom stereocenters. The predicted molar refractivity (Wildman–Crippen MR) is 101 cm³/mol.